The molecule has 0 saturated heterocycles. The molecule has 1 aromatic rings. The molecule has 0 bridgehead atoms. The van der Waals surface area contributed by atoms with Crippen molar-refractivity contribution in [3.05, 3.63) is 28.2 Å². The molecule has 23 heavy (non-hydrogen) atoms. The first-order valence-electron chi connectivity index (χ1n) is 7.81. The van der Waals surface area contributed by atoms with E-state index in [1.165, 1.54) is 0 Å². The summed E-state index contributed by atoms with van der Waals surface area (Å²) >= 11 is 3.45. The third-order valence-corrected chi connectivity index (χ3v) is 4.15. The van der Waals surface area contributed by atoms with E-state index in [1.807, 2.05) is 52.8 Å². The fourth-order valence-electron chi connectivity index (χ4n) is 2.10. The predicted molar refractivity (Wildman–Crippen MR) is 96.6 cm³/mol. The molecule has 0 saturated carbocycles. The number of likely N-dealkylation sites (N-methyl/N-ethyl adjacent to an activating group) is 1. The quantitative estimate of drug-likeness (QED) is 0.695. The van der Waals surface area contributed by atoms with E-state index in [9.17, 15) is 9.59 Å². The first-order valence-corrected chi connectivity index (χ1v) is 8.60. The van der Waals surface area contributed by atoms with Crippen molar-refractivity contribution in [3.63, 3.8) is 0 Å². The second-order valence-corrected chi connectivity index (χ2v) is 7.62. The molecule has 0 aromatic heterocycles. The number of halogens is 1. The van der Waals surface area contributed by atoms with Crippen LogP contribution >= 0.6 is 15.9 Å². The summed E-state index contributed by atoms with van der Waals surface area (Å²) in [4.78, 5) is 25.1. The zero-order valence-electron chi connectivity index (χ0n) is 14.5. The number of anilines is 1. The number of amides is 2. The van der Waals surface area contributed by atoms with Gasteiger partial charge in [0, 0.05) is 15.7 Å². The zero-order valence-corrected chi connectivity index (χ0v) is 16.1. The molecule has 0 radical (unpaired) electrons. The van der Waals surface area contributed by atoms with Crippen molar-refractivity contribution in [1.82, 2.24) is 5.32 Å². The van der Waals surface area contributed by atoms with Crippen LogP contribution in [0.1, 0.15) is 33.3 Å². The number of hydrogen-bond acceptors (Lipinski definition) is 2. The van der Waals surface area contributed by atoms with E-state index in [-0.39, 0.29) is 23.9 Å². The Balaban J connectivity index is 2.56. The lowest BCUT2D eigenvalue weighted by molar-refractivity contribution is -0.881. The Labute approximate surface area is 146 Å². The highest BCUT2D eigenvalue weighted by Gasteiger charge is 2.20. The molecule has 1 rings (SSSR count). The molecule has 0 aliphatic carbocycles. The molecule has 3 N–H and O–H groups in total. The molecular formula is C17H27BrN3O2+. The van der Waals surface area contributed by atoms with E-state index in [4.69, 9.17) is 0 Å². The van der Waals surface area contributed by atoms with Crippen LogP contribution in [-0.4, -0.2) is 37.0 Å². The van der Waals surface area contributed by atoms with Crippen LogP contribution in [0.3, 0.4) is 0 Å². The van der Waals surface area contributed by atoms with E-state index in [2.05, 4.69) is 26.6 Å². The Morgan fingerprint density at radius 1 is 1.17 bits per heavy atom. The Morgan fingerprint density at radius 2 is 1.78 bits per heavy atom. The van der Waals surface area contributed by atoms with Gasteiger partial charge in [0.1, 0.15) is 0 Å². The molecule has 1 unspecified atom stereocenters. The van der Waals surface area contributed by atoms with E-state index in [1.54, 1.807) is 0 Å². The van der Waals surface area contributed by atoms with Gasteiger partial charge in [0.15, 0.2) is 13.1 Å². The minimum atomic E-state index is -0.258. The Morgan fingerprint density at radius 3 is 2.30 bits per heavy atom. The van der Waals surface area contributed by atoms with Gasteiger partial charge in [-0.05, 0) is 52.3 Å². The highest BCUT2D eigenvalue weighted by atomic mass is 79.9. The van der Waals surface area contributed by atoms with Crippen molar-refractivity contribution in [1.29, 1.82) is 0 Å². The normalized spacial score (nSPS) is 12.6. The van der Waals surface area contributed by atoms with E-state index >= 15 is 0 Å². The molecule has 0 fully saturated rings. The van der Waals surface area contributed by atoms with Crippen LogP contribution in [0.2, 0.25) is 0 Å². The highest BCUT2D eigenvalue weighted by molar-refractivity contribution is 9.10. The number of aryl methyl sites for hydroxylation is 1. The number of rotatable bonds is 6. The molecule has 0 spiro atoms. The lowest BCUT2D eigenvalue weighted by Gasteiger charge is -2.23. The second-order valence-electron chi connectivity index (χ2n) is 6.77. The molecule has 128 valence electrons. The molecular weight excluding hydrogens is 358 g/mol. The summed E-state index contributed by atoms with van der Waals surface area (Å²) in [7, 11) is 0. The minimum absolute atomic E-state index is 0.0415. The van der Waals surface area contributed by atoms with Crippen molar-refractivity contribution in [2.45, 2.75) is 40.2 Å². The summed E-state index contributed by atoms with van der Waals surface area (Å²) in [6.07, 6.45) is 0. The molecule has 6 heteroatoms. The van der Waals surface area contributed by atoms with Crippen LogP contribution in [0.25, 0.3) is 0 Å². The van der Waals surface area contributed by atoms with E-state index in [0.717, 1.165) is 20.6 Å². The predicted octanol–water partition coefficient (Wildman–Crippen LogP) is 1.52. The molecule has 0 heterocycles. The lowest BCUT2D eigenvalue weighted by Crippen LogP contribution is -3.14. The lowest BCUT2D eigenvalue weighted by atomic mass is 10.1. The Kier molecular flexibility index (Phi) is 7.22. The zero-order chi connectivity index (χ0) is 17.6. The highest BCUT2D eigenvalue weighted by Crippen LogP contribution is 2.20. The van der Waals surface area contributed by atoms with Crippen LogP contribution in [-0.2, 0) is 9.59 Å². The van der Waals surface area contributed by atoms with Crippen LogP contribution in [0.5, 0.6) is 0 Å². The first kappa shape index (κ1) is 19.6. The number of hydrogen-bond donors (Lipinski definition) is 3. The summed E-state index contributed by atoms with van der Waals surface area (Å²) in [6, 6.07) is 5.70. The van der Waals surface area contributed by atoms with Gasteiger partial charge in [-0.3, -0.25) is 9.59 Å². The molecule has 5 nitrogen and oxygen atoms in total. The van der Waals surface area contributed by atoms with Crippen molar-refractivity contribution in [2.24, 2.45) is 0 Å². The number of quaternary nitrogens is 1. The van der Waals surface area contributed by atoms with Crippen molar-refractivity contribution < 1.29 is 14.5 Å². The van der Waals surface area contributed by atoms with Crippen LogP contribution < -0.4 is 15.5 Å². The summed E-state index contributed by atoms with van der Waals surface area (Å²) < 4.78 is 0.958. The van der Waals surface area contributed by atoms with Crippen molar-refractivity contribution in [2.75, 3.05) is 25.0 Å². The minimum Gasteiger partial charge on any atom is -0.347 e. The SMILES string of the molecule is CC[NH+](CC(=O)Nc1ccc(C)c(Br)c1)CC(=O)NC(C)(C)C. The molecule has 0 aliphatic heterocycles. The number of carbonyl (C=O) groups excluding carboxylic acids is 2. The van der Waals surface area contributed by atoms with Gasteiger partial charge in [0.25, 0.3) is 11.8 Å². The average Bonchev–Trinajstić information content (AvgIpc) is 2.40. The first-order chi connectivity index (χ1) is 10.6. The topological polar surface area (TPSA) is 62.6 Å². The largest absolute Gasteiger partial charge is 0.347 e. The van der Waals surface area contributed by atoms with Gasteiger partial charge in [-0.15, -0.1) is 0 Å². The van der Waals surface area contributed by atoms with E-state index < -0.39 is 0 Å². The van der Waals surface area contributed by atoms with Gasteiger partial charge in [-0.1, -0.05) is 22.0 Å². The second kappa shape index (κ2) is 8.45. The van der Waals surface area contributed by atoms with Crippen LogP contribution in [0.15, 0.2) is 22.7 Å². The standard InChI is InChI=1S/C17H26BrN3O2/c1-6-21(11-16(23)20-17(3,4)5)10-15(22)19-13-8-7-12(2)14(18)9-13/h7-9H,6,10-11H2,1-5H3,(H,19,22)(H,20,23)/p+1. The summed E-state index contributed by atoms with van der Waals surface area (Å²) in [5.41, 5.74) is 1.61. The molecule has 1 atom stereocenters. The summed E-state index contributed by atoms with van der Waals surface area (Å²) in [5, 5.41) is 5.80. The summed E-state index contributed by atoms with van der Waals surface area (Å²) in [6.45, 7) is 11.1. The van der Waals surface area contributed by atoms with Gasteiger partial charge in [-0.2, -0.15) is 0 Å². The Hall–Kier alpha value is -1.40. The third kappa shape index (κ3) is 7.61. The van der Waals surface area contributed by atoms with E-state index in [0.29, 0.717) is 13.1 Å². The monoisotopic (exact) mass is 384 g/mol. The van der Waals surface area contributed by atoms with Gasteiger partial charge in [-0.25, -0.2) is 0 Å². The van der Waals surface area contributed by atoms with Gasteiger partial charge in [0.05, 0.1) is 6.54 Å². The van der Waals surface area contributed by atoms with Gasteiger partial charge < -0.3 is 15.5 Å². The maximum atomic E-state index is 12.2. The Bertz CT molecular complexity index is 567. The maximum absolute atomic E-state index is 12.2. The fourth-order valence-corrected chi connectivity index (χ4v) is 2.48. The number of carbonyl (C=O) groups is 2. The number of nitrogens with one attached hydrogen (secondary N) is 3. The third-order valence-electron chi connectivity index (χ3n) is 3.29. The van der Waals surface area contributed by atoms with Crippen LogP contribution in [0, 0.1) is 6.92 Å². The maximum Gasteiger partial charge on any atom is 0.279 e. The van der Waals surface area contributed by atoms with Crippen LogP contribution in [0.4, 0.5) is 5.69 Å². The van der Waals surface area contributed by atoms with Crippen molar-refractivity contribution >= 4 is 33.4 Å². The summed E-state index contributed by atoms with van der Waals surface area (Å²) in [5.74, 6) is -0.138. The number of benzene rings is 1. The van der Waals surface area contributed by atoms with Crippen molar-refractivity contribution in [3.8, 4) is 0 Å². The average molecular weight is 385 g/mol. The molecule has 0 aliphatic rings. The molecule has 1 aromatic carbocycles. The molecule has 2 amide bonds. The van der Waals surface area contributed by atoms with Gasteiger partial charge in [0.2, 0.25) is 0 Å². The fraction of sp³-hybridized carbons (Fsp3) is 0.529. The smallest absolute Gasteiger partial charge is 0.279 e. The van der Waals surface area contributed by atoms with Gasteiger partial charge >= 0.3 is 0 Å².